The van der Waals surface area contributed by atoms with Gasteiger partial charge in [0.25, 0.3) is 0 Å². The predicted octanol–water partition coefficient (Wildman–Crippen LogP) is 3.79. The van der Waals surface area contributed by atoms with Crippen LogP contribution in [-0.4, -0.2) is 116 Å². The van der Waals surface area contributed by atoms with Gasteiger partial charge in [0, 0.05) is 25.0 Å². The standard InChI is InChI=1S/C34H58N2O9/c1-13-26-34(9,39)30-21(5)20(4)18(2)15-33(8,42-17-24(35)16-41-30)29(22(6)27(37)23(7)31(38)44-26)45-32-28(40-12)25(36(10)11)14-19(3)43-32/h18-19,21-23,25-26,28-30,32,35,39H,4,13-17H2,1-3,5-12H3/t18-,19-,21+,22+,23?,25+,26-,28-,29-,30-,32?,33-,34-/m1/s1. The molecular formula is C34H58N2O9. The van der Waals surface area contributed by atoms with Crippen LogP contribution in [0.2, 0.25) is 0 Å². The fraction of sp³-hybridized carbons (Fsp3) is 0.853. The molecule has 45 heavy (non-hydrogen) atoms. The first kappa shape index (κ1) is 37.7. The van der Waals surface area contributed by atoms with Crippen LogP contribution in [0.3, 0.4) is 0 Å². The largest absolute Gasteiger partial charge is 0.459 e. The van der Waals surface area contributed by atoms with Gasteiger partial charge in [-0.25, -0.2) is 0 Å². The highest BCUT2D eigenvalue weighted by Gasteiger charge is 2.52. The fourth-order valence-corrected chi connectivity index (χ4v) is 7.48. The van der Waals surface area contributed by atoms with Gasteiger partial charge in [-0.05, 0) is 67.0 Å². The minimum atomic E-state index is -1.64. The molecule has 3 fully saturated rings. The minimum absolute atomic E-state index is 0.0102. The second kappa shape index (κ2) is 15.0. The van der Waals surface area contributed by atoms with Crippen LogP contribution in [0.5, 0.6) is 0 Å². The lowest BCUT2D eigenvalue weighted by atomic mass is 9.73. The number of methoxy groups -OCH3 is 1. The maximum atomic E-state index is 14.2. The zero-order valence-electron chi connectivity index (χ0n) is 29.3. The van der Waals surface area contributed by atoms with Gasteiger partial charge < -0.3 is 43.8 Å². The molecule has 13 atom stereocenters. The Hall–Kier alpha value is -1.73. The van der Waals surface area contributed by atoms with Crippen molar-refractivity contribution >= 4 is 17.5 Å². The number of hydrogen-bond acceptors (Lipinski definition) is 11. The van der Waals surface area contributed by atoms with E-state index in [-0.39, 0.29) is 55.1 Å². The van der Waals surface area contributed by atoms with Gasteiger partial charge in [-0.2, -0.15) is 0 Å². The Bertz CT molecular complexity index is 1080. The number of fused-ring (bicyclic) bond motifs is 5. The van der Waals surface area contributed by atoms with Gasteiger partial charge in [0.05, 0.1) is 42.8 Å². The molecule has 0 aliphatic carbocycles. The molecule has 2 bridgehead atoms. The summed E-state index contributed by atoms with van der Waals surface area (Å²) in [7, 11) is 5.59. The van der Waals surface area contributed by atoms with Crippen LogP contribution in [0.15, 0.2) is 12.2 Å². The van der Waals surface area contributed by atoms with E-state index >= 15 is 0 Å². The Kier molecular flexibility index (Phi) is 12.6. The normalized spacial score (nSPS) is 44.6. The van der Waals surface area contributed by atoms with Crippen LogP contribution in [0.25, 0.3) is 0 Å². The molecule has 2 unspecified atom stereocenters. The molecule has 11 heteroatoms. The van der Waals surface area contributed by atoms with Crippen molar-refractivity contribution in [1.82, 2.24) is 4.90 Å². The van der Waals surface area contributed by atoms with Crippen molar-refractivity contribution in [2.24, 2.45) is 23.7 Å². The molecule has 0 spiro atoms. The average molecular weight is 639 g/mol. The molecule has 2 N–H and O–H groups in total. The summed E-state index contributed by atoms with van der Waals surface area (Å²) in [4.78, 5) is 29.8. The lowest BCUT2D eigenvalue weighted by Crippen LogP contribution is -2.60. The lowest BCUT2D eigenvalue weighted by molar-refractivity contribution is -0.300. The number of Topliss-reactive ketones (excluding diaryl/α,β-unsaturated/α-hetero) is 1. The molecule has 0 aromatic heterocycles. The summed E-state index contributed by atoms with van der Waals surface area (Å²) >= 11 is 0. The van der Waals surface area contributed by atoms with E-state index in [1.54, 1.807) is 21.0 Å². The average Bonchev–Trinajstić information content (AvgIpc) is 2.99. The number of ether oxygens (including phenoxy) is 6. The van der Waals surface area contributed by atoms with Crippen LogP contribution in [0, 0.1) is 29.1 Å². The minimum Gasteiger partial charge on any atom is -0.459 e. The van der Waals surface area contributed by atoms with Crippen LogP contribution in [-0.2, 0) is 38.0 Å². The van der Waals surface area contributed by atoms with Gasteiger partial charge in [0.15, 0.2) is 12.1 Å². The summed E-state index contributed by atoms with van der Waals surface area (Å²) in [5.74, 6) is -3.66. The summed E-state index contributed by atoms with van der Waals surface area (Å²) in [6, 6.07) is -0.0102. The molecular weight excluding hydrogens is 580 g/mol. The molecule has 258 valence electrons. The molecule has 0 saturated carbocycles. The van der Waals surface area contributed by atoms with E-state index in [0.717, 1.165) is 12.0 Å². The molecule has 3 rings (SSSR count). The van der Waals surface area contributed by atoms with E-state index < -0.39 is 59.7 Å². The summed E-state index contributed by atoms with van der Waals surface area (Å²) < 4.78 is 37.8. The Morgan fingerprint density at radius 1 is 1.09 bits per heavy atom. The highest BCUT2D eigenvalue weighted by atomic mass is 16.7. The summed E-state index contributed by atoms with van der Waals surface area (Å²) in [5, 5.41) is 20.6. The number of carbonyl (C=O) groups excluding carboxylic acids is 2. The van der Waals surface area contributed by atoms with E-state index in [1.165, 1.54) is 6.92 Å². The Labute approximate surface area is 269 Å². The van der Waals surface area contributed by atoms with Gasteiger partial charge >= 0.3 is 5.97 Å². The number of esters is 1. The second-order valence-corrected chi connectivity index (χ2v) is 14.2. The van der Waals surface area contributed by atoms with Crippen molar-refractivity contribution in [1.29, 1.82) is 5.41 Å². The second-order valence-electron chi connectivity index (χ2n) is 14.2. The fourth-order valence-electron chi connectivity index (χ4n) is 7.48. The Balaban J connectivity index is 2.21. The van der Waals surface area contributed by atoms with E-state index in [1.807, 2.05) is 48.7 Å². The number of carbonyl (C=O) groups is 2. The zero-order chi connectivity index (χ0) is 34.0. The molecule has 3 saturated heterocycles. The number of rotatable bonds is 5. The molecule has 3 aliphatic rings. The third-order valence-electron chi connectivity index (χ3n) is 10.3. The van der Waals surface area contributed by atoms with Crippen LogP contribution >= 0.6 is 0 Å². The monoisotopic (exact) mass is 638 g/mol. The highest BCUT2D eigenvalue weighted by Crippen LogP contribution is 2.42. The molecule has 0 amide bonds. The van der Waals surface area contributed by atoms with Crippen molar-refractivity contribution in [3.8, 4) is 0 Å². The molecule has 11 nitrogen and oxygen atoms in total. The van der Waals surface area contributed by atoms with Crippen molar-refractivity contribution < 1.29 is 43.1 Å². The maximum Gasteiger partial charge on any atom is 0.316 e. The first-order valence-electron chi connectivity index (χ1n) is 16.4. The number of nitrogens with zero attached hydrogens (tertiary/aromatic N) is 1. The summed E-state index contributed by atoms with van der Waals surface area (Å²) in [6.07, 6.45) is -2.76. The van der Waals surface area contributed by atoms with Crippen molar-refractivity contribution in [3.63, 3.8) is 0 Å². The molecule has 0 aromatic carbocycles. The van der Waals surface area contributed by atoms with E-state index in [9.17, 15) is 14.7 Å². The van der Waals surface area contributed by atoms with Crippen molar-refractivity contribution in [3.05, 3.63) is 12.2 Å². The number of ketones is 1. The van der Waals surface area contributed by atoms with E-state index in [2.05, 4.69) is 11.5 Å². The third kappa shape index (κ3) is 8.05. The number of nitrogens with one attached hydrogen (secondary N) is 1. The Morgan fingerprint density at radius 2 is 1.73 bits per heavy atom. The number of likely N-dealkylation sites (N-methyl/N-ethyl adjacent to an activating group) is 1. The van der Waals surface area contributed by atoms with Gasteiger partial charge in [0.1, 0.15) is 23.7 Å². The van der Waals surface area contributed by atoms with Gasteiger partial charge in [-0.3, -0.25) is 9.59 Å². The lowest BCUT2D eigenvalue weighted by Gasteiger charge is -2.48. The van der Waals surface area contributed by atoms with Gasteiger partial charge in [-0.1, -0.05) is 39.8 Å². The predicted molar refractivity (Wildman–Crippen MR) is 170 cm³/mol. The molecule has 0 aromatic rings. The van der Waals surface area contributed by atoms with Gasteiger partial charge in [0.2, 0.25) is 0 Å². The topological polar surface area (TPSA) is 137 Å². The molecule has 0 radical (unpaired) electrons. The van der Waals surface area contributed by atoms with Crippen molar-refractivity contribution in [2.75, 3.05) is 34.4 Å². The molecule has 3 aliphatic heterocycles. The van der Waals surface area contributed by atoms with Crippen LogP contribution < -0.4 is 0 Å². The Morgan fingerprint density at radius 3 is 2.31 bits per heavy atom. The highest BCUT2D eigenvalue weighted by molar-refractivity contribution is 6.00. The first-order valence-corrected chi connectivity index (χ1v) is 16.4. The maximum absolute atomic E-state index is 14.2. The SMILES string of the molecule is C=C1[C@H](C)C[C@@]2(C)OCC(=N)CO[C@H]([C@H]1C)[C@](C)(O)[C@@H](CC)OC(=O)C(C)C(=O)[C@H](C)[C@H]2OC1O[C@H](C)C[C@H](N(C)C)[C@H]1OC. The van der Waals surface area contributed by atoms with E-state index in [0.29, 0.717) is 6.42 Å². The smallest absolute Gasteiger partial charge is 0.316 e. The summed E-state index contributed by atoms with van der Waals surface area (Å²) in [5.41, 5.74) is -1.81. The van der Waals surface area contributed by atoms with E-state index in [4.69, 9.17) is 33.8 Å². The third-order valence-corrected chi connectivity index (χ3v) is 10.3. The quantitative estimate of drug-likeness (QED) is 0.260. The molecule has 3 heterocycles. The first-order chi connectivity index (χ1) is 20.9. The van der Waals surface area contributed by atoms with Gasteiger partial charge in [-0.15, -0.1) is 0 Å². The number of hydrogen-bond donors (Lipinski definition) is 2. The summed E-state index contributed by atoms with van der Waals surface area (Å²) in [6.45, 7) is 18.7. The van der Waals surface area contributed by atoms with Crippen LogP contribution in [0.1, 0.15) is 74.7 Å². The van der Waals surface area contributed by atoms with Crippen molar-refractivity contribution in [2.45, 2.75) is 129 Å². The zero-order valence-corrected chi connectivity index (χ0v) is 29.3. The number of cyclic esters (lactones) is 1. The number of aliphatic hydroxyl groups is 1. The van der Waals surface area contributed by atoms with Crippen LogP contribution in [0.4, 0.5) is 0 Å².